The third-order valence-electron chi connectivity index (χ3n) is 2.60. The summed E-state index contributed by atoms with van der Waals surface area (Å²) in [7, 11) is 3.22. The average Bonchev–Trinajstić information content (AvgIpc) is 2.87. The zero-order chi connectivity index (χ0) is 13.0. The average molecular weight is 248 g/mol. The normalized spacial score (nSPS) is 10.4. The summed E-state index contributed by atoms with van der Waals surface area (Å²) >= 11 is 0. The minimum atomic E-state index is 0.538. The maximum Gasteiger partial charge on any atom is 0.138 e. The molecule has 0 aliphatic heterocycles. The summed E-state index contributed by atoms with van der Waals surface area (Å²) in [6, 6.07) is 7.45. The summed E-state index contributed by atoms with van der Waals surface area (Å²) in [5.41, 5.74) is 7.11. The second kappa shape index (κ2) is 5.55. The standard InChI is InChI=1S/C13H16N2O3/c1-16-11-5-9(6-12(7-11)17-2)13-8-10(3-4-14)18-15-13/h5-8H,3-4,14H2,1-2H3. The summed E-state index contributed by atoms with van der Waals surface area (Å²) in [4.78, 5) is 0. The zero-order valence-corrected chi connectivity index (χ0v) is 10.5. The van der Waals surface area contributed by atoms with Crippen LogP contribution >= 0.6 is 0 Å². The largest absolute Gasteiger partial charge is 0.497 e. The summed E-state index contributed by atoms with van der Waals surface area (Å²) in [5.74, 6) is 2.20. The van der Waals surface area contributed by atoms with Gasteiger partial charge in [-0.1, -0.05) is 5.16 Å². The fourth-order valence-corrected chi connectivity index (χ4v) is 1.66. The molecule has 2 aromatic rings. The number of nitrogens with zero attached hydrogens (tertiary/aromatic N) is 1. The smallest absolute Gasteiger partial charge is 0.138 e. The lowest BCUT2D eigenvalue weighted by Gasteiger charge is -2.06. The van der Waals surface area contributed by atoms with Crippen LogP contribution in [0.15, 0.2) is 28.8 Å². The van der Waals surface area contributed by atoms with Gasteiger partial charge in [-0.3, -0.25) is 0 Å². The van der Waals surface area contributed by atoms with Crippen LogP contribution in [-0.2, 0) is 6.42 Å². The minimum Gasteiger partial charge on any atom is -0.497 e. The first-order chi connectivity index (χ1) is 8.76. The van der Waals surface area contributed by atoms with E-state index in [2.05, 4.69) is 5.16 Å². The molecule has 5 heteroatoms. The van der Waals surface area contributed by atoms with E-state index in [1.165, 1.54) is 0 Å². The van der Waals surface area contributed by atoms with Crippen LogP contribution < -0.4 is 15.2 Å². The third-order valence-corrected chi connectivity index (χ3v) is 2.60. The van der Waals surface area contributed by atoms with E-state index in [4.69, 9.17) is 19.7 Å². The third kappa shape index (κ3) is 2.62. The highest BCUT2D eigenvalue weighted by Crippen LogP contribution is 2.29. The number of hydrogen-bond donors (Lipinski definition) is 1. The maximum absolute atomic E-state index is 5.47. The van der Waals surface area contributed by atoms with Crippen molar-refractivity contribution in [2.24, 2.45) is 5.73 Å². The second-order valence-electron chi connectivity index (χ2n) is 3.82. The van der Waals surface area contributed by atoms with E-state index < -0.39 is 0 Å². The van der Waals surface area contributed by atoms with Crippen LogP contribution in [0.2, 0.25) is 0 Å². The quantitative estimate of drug-likeness (QED) is 0.874. The van der Waals surface area contributed by atoms with Crippen molar-refractivity contribution in [3.05, 3.63) is 30.0 Å². The monoisotopic (exact) mass is 248 g/mol. The lowest BCUT2D eigenvalue weighted by molar-refractivity contribution is 0.385. The first-order valence-corrected chi connectivity index (χ1v) is 5.66. The number of hydrogen-bond acceptors (Lipinski definition) is 5. The summed E-state index contributed by atoms with van der Waals surface area (Å²) in [6.07, 6.45) is 0.675. The van der Waals surface area contributed by atoms with Gasteiger partial charge in [0.25, 0.3) is 0 Å². The van der Waals surface area contributed by atoms with E-state index >= 15 is 0 Å². The first-order valence-electron chi connectivity index (χ1n) is 5.66. The predicted molar refractivity (Wildman–Crippen MR) is 67.8 cm³/mol. The van der Waals surface area contributed by atoms with Crippen molar-refractivity contribution in [2.45, 2.75) is 6.42 Å². The zero-order valence-electron chi connectivity index (χ0n) is 10.5. The van der Waals surface area contributed by atoms with Crippen LogP contribution in [0.1, 0.15) is 5.76 Å². The van der Waals surface area contributed by atoms with Gasteiger partial charge >= 0.3 is 0 Å². The Balaban J connectivity index is 2.35. The van der Waals surface area contributed by atoms with Gasteiger partial charge in [-0.25, -0.2) is 0 Å². The number of benzene rings is 1. The molecule has 5 nitrogen and oxygen atoms in total. The maximum atomic E-state index is 5.47. The Morgan fingerprint density at radius 2 is 1.78 bits per heavy atom. The fraction of sp³-hybridized carbons (Fsp3) is 0.308. The number of nitrogens with two attached hydrogens (primary N) is 1. The molecule has 0 bridgehead atoms. The Bertz CT molecular complexity index is 500. The van der Waals surface area contributed by atoms with Crippen LogP contribution in [0, 0.1) is 0 Å². The molecule has 0 atom stereocenters. The van der Waals surface area contributed by atoms with Crippen molar-refractivity contribution in [1.29, 1.82) is 0 Å². The van der Waals surface area contributed by atoms with Gasteiger partial charge in [0, 0.05) is 24.1 Å². The molecular weight excluding hydrogens is 232 g/mol. The molecule has 0 fully saturated rings. The molecule has 0 amide bonds. The molecule has 2 rings (SSSR count). The van der Waals surface area contributed by atoms with E-state index in [0.29, 0.717) is 24.5 Å². The highest BCUT2D eigenvalue weighted by molar-refractivity contribution is 5.63. The van der Waals surface area contributed by atoms with Crippen molar-refractivity contribution >= 4 is 0 Å². The van der Waals surface area contributed by atoms with Crippen LogP contribution in [0.5, 0.6) is 11.5 Å². The van der Waals surface area contributed by atoms with Gasteiger partial charge in [0.1, 0.15) is 23.0 Å². The number of methoxy groups -OCH3 is 2. The lowest BCUT2D eigenvalue weighted by atomic mass is 10.1. The van der Waals surface area contributed by atoms with E-state index in [9.17, 15) is 0 Å². The van der Waals surface area contributed by atoms with Gasteiger partial charge in [-0.15, -0.1) is 0 Å². The van der Waals surface area contributed by atoms with Crippen molar-refractivity contribution in [3.8, 4) is 22.8 Å². The Labute approximate surface area is 105 Å². The molecule has 1 heterocycles. The van der Waals surface area contributed by atoms with E-state index in [0.717, 1.165) is 17.0 Å². The molecule has 18 heavy (non-hydrogen) atoms. The lowest BCUT2D eigenvalue weighted by Crippen LogP contribution is -2.01. The van der Waals surface area contributed by atoms with E-state index in [1.54, 1.807) is 14.2 Å². The second-order valence-corrected chi connectivity index (χ2v) is 3.82. The molecule has 0 spiro atoms. The van der Waals surface area contributed by atoms with Crippen LogP contribution in [0.4, 0.5) is 0 Å². The first kappa shape index (κ1) is 12.4. The van der Waals surface area contributed by atoms with Crippen LogP contribution in [0.25, 0.3) is 11.3 Å². The summed E-state index contributed by atoms with van der Waals surface area (Å²) in [6.45, 7) is 0.538. The SMILES string of the molecule is COc1cc(OC)cc(-c2cc(CCN)on2)c1. The molecule has 0 aliphatic carbocycles. The van der Waals surface area contributed by atoms with E-state index in [-0.39, 0.29) is 0 Å². The van der Waals surface area contributed by atoms with Crippen LogP contribution in [-0.4, -0.2) is 25.9 Å². The molecule has 0 saturated heterocycles. The molecule has 2 N–H and O–H groups in total. The highest BCUT2D eigenvalue weighted by atomic mass is 16.5. The van der Waals surface area contributed by atoms with Crippen molar-refractivity contribution < 1.29 is 14.0 Å². The summed E-state index contributed by atoms with van der Waals surface area (Å²) in [5, 5.41) is 4.01. The molecule has 1 aromatic heterocycles. The van der Waals surface area contributed by atoms with Crippen LogP contribution in [0.3, 0.4) is 0 Å². The van der Waals surface area contributed by atoms with Crippen molar-refractivity contribution in [3.63, 3.8) is 0 Å². The summed E-state index contributed by atoms with van der Waals surface area (Å²) < 4.78 is 15.6. The fourth-order valence-electron chi connectivity index (χ4n) is 1.66. The van der Waals surface area contributed by atoms with Crippen molar-refractivity contribution in [2.75, 3.05) is 20.8 Å². The predicted octanol–water partition coefficient (Wildman–Crippen LogP) is 1.86. The molecule has 0 unspecified atom stereocenters. The van der Waals surface area contributed by atoms with Gasteiger partial charge in [0.15, 0.2) is 0 Å². The molecular formula is C13H16N2O3. The number of ether oxygens (including phenoxy) is 2. The molecule has 1 aromatic carbocycles. The molecule has 0 radical (unpaired) electrons. The Hall–Kier alpha value is -2.01. The Kier molecular flexibility index (Phi) is 3.84. The molecule has 0 saturated carbocycles. The van der Waals surface area contributed by atoms with Gasteiger partial charge in [-0.2, -0.15) is 0 Å². The highest BCUT2D eigenvalue weighted by Gasteiger charge is 2.09. The minimum absolute atomic E-state index is 0.538. The van der Waals surface area contributed by atoms with Gasteiger partial charge < -0.3 is 19.7 Å². The molecule has 0 aliphatic rings. The number of aromatic nitrogens is 1. The van der Waals surface area contributed by atoms with Gasteiger partial charge in [-0.05, 0) is 18.7 Å². The Morgan fingerprint density at radius 3 is 2.33 bits per heavy atom. The topological polar surface area (TPSA) is 70.5 Å². The van der Waals surface area contributed by atoms with Gasteiger partial charge in [0.2, 0.25) is 0 Å². The Morgan fingerprint density at radius 1 is 1.11 bits per heavy atom. The molecule has 96 valence electrons. The van der Waals surface area contributed by atoms with Crippen molar-refractivity contribution in [1.82, 2.24) is 5.16 Å². The van der Waals surface area contributed by atoms with E-state index in [1.807, 2.05) is 24.3 Å². The number of rotatable bonds is 5. The van der Waals surface area contributed by atoms with Gasteiger partial charge in [0.05, 0.1) is 14.2 Å².